The Morgan fingerprint density at radius 1 is 1.14 bits per heavy atom. The third-order valence-corrected chi connectivity index (χ3v) is 4.15. The van der Waals surface area contributed by atoms with Gasteiger partial charge in [-0.2, -0.15) is 0 Å². The average molecular weight is 374 g/mol. The maximum absolute atomic E-state index is 6.14. The summed E-state index contributed by atoms with van der Waals surface area (Å²) in [5, 5.41) is 0.324. The molecule has 2 rings (SSSR count). The van der Waals surface area contributed by atoms with Crippen LogP contribution in [-0.4, -0.2) is 31.3 Å². The molecule has 1 aromatic heterocycles. The van der Waals surface area contributed by atoms with Crippen LogP contribution in [-0.2, 0) is 11.3 Å². The van der Waals surface area contributed by atoms with E-state index in [1.807, 2.05) is 12.1 Å². The van der Waals surface area contributed by atoms with Gasteiger partial charge in [0.15, 0.2) is 5.82 Å². The molecule has 0 fully saturated rings. The lowest BCUT2D eigenvalue weighted by Gasteiger charge is -2.11. The lowest BCUT2D eigenvalue weighted by molar-refractivity contribution is 0.181. The van der Waals surface area contributed by atoms with Crippen LogP contribution >= 0.6 is 27.5 Å². The highest BCUT2D eigenvalue weighted by Crippen LogP contribution is 2.34. The van der Waals surface area contributed by atoms with E-state index in [2.05, 4.69) is 25.9 Å². The van der Waals surface area contributed by atoms with Gasteiger partial charge in [-0.3, -0.25) is 0 Å². The van der Waals surface area contributed by atoms with Gasteiger partial charge in [0.2, 0.25) is 0 Å². The minimum Gasteiger partial charge on any atom is -0.497 e. The Hall–Kier alpha value is -1.37. The number of rotatable bonds is 5. The van der Waals surface area contributed by atoms with Crippen LogP contribution < -0.4 is 9.47 Å². The normalized spacial score (nSPS) is 10.5. The molecule has 0 radical (unpaired) electrons. The zero-order valence-corrected chi connectivity index (χ0v) is 14.2. The summed E-state index contributed by atoms with van der Waals surface area (Å²) in [5.41, 5.74) is 1.40. The molecule has 0 atom stereocenters. The first-order chi connectivity index (χ1) is 10.1. The van der Waals surface area contributed by atoms with E-state index in [1.165, 1.54) is 0 Å². The van der Waals surface area contributed by atoms with Crippen molar-refractivity contribution in [2.45, 2.75) is 6.61 Å². The van der Waals surface area contributed by atoms with Crippen LogP contribution in [0.5, 0.6) is 11.5 Å². The fourth-order valence-corrected chi connectivity index (χ4v) is 2.28. The predicted octanol–water partition coefficient (Wildman–Crippen LogP) is 3.72. The van der Waals surface area contributed by atoms with Gasteiger partial charge in [-0.25, -0.2) is 9.97 Å². The molecule has 1 heterocycles. The number of nitrogens with zero attached hydrogens (tertiary/aromatic N) is 2. The van der Waals surface area contributed by atoms with E-state index in [0.29, 0.717) is 39.3 Å². The van der Waals surface area contributed by atoms with E-state index in [1.54, 1.807) is 27.4 Å². The van der Waals surface area contributed by atoms with Gasteiger partial charge in [-0.1, -0.05) is 11.6 Å². The molecule has 0 spiro atoms. The molecule has 7 heteroatoms. The van der Waals surface area contributed by atoms with Crippen molar-refractivity contribution >= 4 is 27.5 Å². The second kappa shape index (κ2) is 7.06. The smallest absolute Gasteiger partial charge is 0.165 e. The van der Waals surface area contributed by atoms with Crippen molar-refractivity contribution < 1.29 is 14.2 Å². The minimum absolute atomic E-state index is 0.324. The predicted molar refractivity (Wildman–Crippen MR) is 84.0 cm³/mol. The van der Waals surface area contributed by atoms with Crippen molar-refractivity contribution in [1.29, 1.82) is 0 Å². The van der Waals surface area contributed by atoms with Crippen LogP contribution in [0.4, 0.5) is 0 Å². The van der Waals surface area contributed by atoms with Crippen LogP contribution in [0, 0.1) is 0 Å². The Morgan fingerprint density at radius 3 is 2.52 bits per heavy atom. The van der Waals surface area contributed by atoms with Crippen molar-refractivity contribution in [1.82, 2.24) is 9.97 Å². The molecule has 112 valence electrons. The minimum atomic E-state index is 0.324. The summed E-state index contributed by atoms with van der Waals surface area (Å²) < 4.78 is 16.3. The topological polar surface area (TPSA) is 53.5 Å². The average Bonchev–Trinajstić information content (AvgIpc) is 2.51. The molecule has 0 saturated heterocycles. The monoisotopic (exact) mass is 372 g/mol. The van der Waals surface area contributed by atoms with Gasteiger partial charge in [-0.15, -0.1) is 0 Å². The molecule has 0 aliphatic carbocycles. The van der Waals surface area contributed by atoms with Crippen LogP contribution in [0.15, 0.2) is 22.7 Å². The Labute approximate surface area is 136 Å². The van der Waals surface area contributed by atoms with Gasteiger partial charge < -0.3 is 14.2 Å². The lowest BCUT2D eigenvalue weighted by atomic mass is 10.1. The largest absolute Gasteiger partial charge is 0.497 e. The molecule has 0 saturated carbocycles. The van der Waals surface area contributed by atoms with Crippen LogP contribution in [0.1, 0.15) is 5.69 Å². The number of methoxy groups -OCH3 is 3. The molecule has 5 nitrogen and oxygen atoms in total. The van der Waals surface area contributed by atoms with E-state index >= 15 is 0 Å². The molecular weight excluding hydrogens is 360 g/mol. The van der Waals surface area contributed by atoms with Gasteiger partial charge in [-0.05, 0) is 28.1 Å². The summed E-state index contributed by atoms with van der Waals surface area (Å²) in [7, 11) is 4.77. The molecule has 0 aliphatic rings. The molecule has 21 heavy (non-hydrogen) atoms. The summed E-state index contributed by atoms with van der Waals surface area (Å²) in [6.45, 7) is 0.328. The first kappa shape index (κ1) is 16.0. The summed E-state index contributed by atoms with van der Waals surface area (Å²) in [4.78, 5) is 8.75. The van der Waals surface area contributed by atoms with E-state index in [4.69, 9.17) is 25.8 Å². The summed E-state index contributed by atoms with van der Waals surface area (Å²) in [6.07, 6.45) is 0. The number of benzene rings is 1. The maximum atomic E-state index is 6.14. The quantitative estimate of drug-likeness (QED) is 0.748. The second-order valence-corrected chi connectivity index (χ2v) is 5.25. The molecule has 0 amide bonds. The molecular formula is C14H14BrClN2O3. The van der Waals surface area contributed by atoms with Crippen molar-refractivity contribution in [3.63, 3.8) is 0 Å². The highest BCUT2D eigenvalue weighted by molar-refractivity contribution is 9.10. The molecule has 0 N–H and O–H groups in total. The van der Waals surface area contributed by atoms with Gasteiger partial charge in [0.05, 0.1) is 36.6 Å². The molecule has 2 aromatic rings. The van der Waals surface area contributed by atoms with Gasteiger partial charge >= 0.3 is 0 Å². The number of halogens is 2. The third-order valence-electron chi connectivity index (χ3n) is 2.81. The summed E-state index contributed by atoms with van der Waals surface area (Å²) in [5.74, 6) is 1.77. The Morgan fingerprint density at radius 2 is 1.90 bits per heavy atom. The van der Waals surface area contributed by atoms with Gasteiger partial charge in [0.25, 0.3) is 0 Å². The number of hydrogen-bond acceptors (Lipinski definition) is 5. The Balaban J connectivity index is 2.56. The van der Waals surface area contributed by atoms with Crippen molar-refractivity contribution in [3.8, 4) is 22.9 Å². The number of aromatic nitrogens is 2. The van der Waals surface area contributed by atoms with Gasteiger partial charge in [0.1, 0.15) is 16.7 Å². The zero-order valence-electron chi connectivity index (χ0n) is 11.8. The number of ether oxygens (including phenoxy) is 3. The molecule has 0 aliphatic heterocycles. The number of hydrogen-bond donors (Lipinski definition) is 0. The van der Waals surface area contributed by atoms with Crippen LogP contribution in [0.3, 0.4) is 0 Å². The maximum Gasteiger partial charge on any atom is 0.165 e. The van der Waals surface area contributed by atoms with Crippen molar-refractivity contribution in [2.75, 3.05) is 21.3 Å². The van der Waals surface area contributed by atoms with Crippen LogP contribution in [0.2, 0.25) is 5.15 Å². The Kier molecular flexibility index (Phi) is 5.39. The van der Waals surface area contributed by atoms with Crippen molar-refractivity contribution in [3.05, 3.63) is 33.5 Å². The molecule has 1 aromatic carbocycles. The van der Waals surface area contributed by atoms with Crippen molar-refractivity contribution in [2.24, 2.45) is 0 Å². The molecule has 0 unspecified atom stereocenters. The summed E-state index contributed by atoms with van der Waals surface area (Å²) in [6, 6.07) is 5.41. The van der Waals surface area contributed by atoms with E-state index < -0.39 is 0 Å². The zero-order chi connectivity index (χ0) is 15.4. The van der Waals surface area contributed by atoms with E-state index in [0.717, 1.165) is 5.56 Å². The third kappa shape index (κ3) is 3.45. The SMILES string of the molecule is COCc1nc(-c2ccc(OC)cc2OC)nc(Cl)c1Br. The second-order valence-electron chi connectivity index (χ2n) is 4.10. The Bertz CT molecular complexity index is 652. The first-order valence-electron chi connectivity index (χ1n) is 6.04. The standard InChI is InChI=1S/C14H14BrClN2O3/c1-19-7-10-12(15)13(16)18-14(17-10)9-5-4-8(20-2)6-11(9)21-3/h4-6H,7H2,1-3H3. The fourth-order valence-electron chi connectivity index (χ4n) is 1.80. The van der Waals surface area contributed by atoms with E-state index in [-0.39, 0.29) is 0 Å². The van der Waals surface area contributed by atoms with E-state index in [9.17, 15) is 0 Å². The lowest BCUT2D eigenvalue weighted by Crippen LogP contribution is -2.01. The highest BCUT2D eigenvalue weighted by atomic mass is 79.9. The molecule has 0 bridgehead atoms. The first-order valence-corrected chi connectivity index (χ1v) is 7.21. The highest BCUT2D eigenvalue weighted by Gasteiger charge is 2.15. The fraction of sp³-hybridized carbons (Fsp3) is 0.286. The van der Waals surface area contributed by atoms with Crippen LogP contribution in [0.25, 0.3) is 11.4 Å². The summed E-state index contributed by atoms with van der Waals surface area (Å²) >= 11 is 9.50. The van der Waals surface area contributed by atoms with Gasteiger partial charge in [0, 0.05) is 13.2 Å².